The minimum atomic E-state index is -0.0358. The molecule has 0 unspecified atom stereocenters. The van der Waals surface area contributed by atoms with Crippen LogP contribution in [0.2, 0.25) is 5.28 Å². The van der Waals surface area contributed by atoms with Crippen LogP contribution in [0.5, 0.6) is 0 Å². The van der Waals surface area contributed by atoms with Crippen LogP contribution in [0.15, 0.2) is 0 Å². The summed E-state index contributed by atoms with van der Waals surface area (Å²) in [4.78, 5) is 0. The van der Waals surface area contributed by atoms with E-state index in [0.29, 0.717) is 22.2 Å². The van der Waals surface area contributed by atoms with E-state index in [-0.39, 0.29) is 5.41 Å². The molecule has 0 amide bonds. The van der Waals surface area contributed by atoms with Crippen LogP contribution in [0, 0.1) is 10.8 Å². The highest BCUT2D eigenvalue weighted by Crippen LogP contribution is 2.51. The Morgan fingerprint density at radius 1 is 1.05 bits per heavy atom. The molecule has 0 bridgehead atoms. The van der Waals surface area contributed by atoms with Crippen LogP contribution < -0.4 is 0 Å². The van der Waals surface area contributed by atoms with Crippen molar-refractivity contribution in [1.29, 1.82) is 0 Å². The van der Waals surface area contributed by atoms with Crippen molar-refractivity contribution >= 4 is 11.6 Å². The highest BCUT2D eigenvalue weighted by molar-refractivity contribution is 6.28. The molecule has 0 N–H and O–H groups in total. The number of hydrogen-bond donors (Lipinski definition) is 0. The summed E-state index contributed by atoms with van der Waals surface area (Å²) in [5.74, 6) is 1.00. The summed E-state index contributed by atoms with van der Waals surface area (Å²) >= 11 is 6.36. The van der Waals surface area contributed by atoms with Gasteiger partial charge in [0, 0.05) is 11.5 Å². The van der Waals surface area contributed by atoms with Crippen molar-refractivity contribution in [2.75, 3.05) is 0 Å². The fourth-order valence-corrected chi connectivity index (χ4v) is 4.33. The third kappa shape index (κ3) is 3.19. The Balaban J connectivity index is 2.44. The van der Waals surface area contributed by atoms with Crippen molar-refractivity contribution in [1.82, 2.24) is 14.8 Å². The van der Waals surface area contributed by atoms with Gasteiger partial charge in [-0.15, -0.1) is 10.2 Å². The van der Waals surface area contributed by atoms with Crippen molar-refractivity contribution < 1.29 is 0 Å². The first kappa shape index (κ1) is 15.8. The van der Waals surface area contributed by atoms with Gasteiger partial charge < -0.3 is 0 Å². The van der Waals surface area contributed by atoms with Gasteiger partial charge in [-0.1, -0.05) is 48.5 Å². The SMILES string of the molecule is CC1(C)CC(n2c(Cl)nnc2C(C)(C)C)CC(C)(C)C1. The predicted octanol–water partition coefficient (Wildman–Crippen LogP) is 5.01. The molecule has 3 nitrogen and oxygen atoms in total. The molecule has 1 fully saturated rings. The Labute approximate surface area is 128 Å². The lowest BCUT2D eigenvalue weighted by Crippen LogP contribution is -2.36. The van der Waals surface area contributed by atoms with Crippen LogP contribution >= 0.6 is 11.6 Å². The first-order valence-electron chi connectivity index (χ1n) is 7.52. The smallest absolute Gasteiger partial charge is 0.225 e. The van der Waals surface area contributed by atoms with Crippen molar-refractivity contribution in [3.05, 3.63) is 11.1 Å². The summed E-state index contributed by atoms with van der Waals surface area (Å²) in [6, 6.07) is 0.394. The van der Waals surface area contributed by atoms with Crippen LogP contribution in [-0.2, 0) is 5.41 Å². The summed E-state index contributed by atoms with van der Waals surface area (Å²) in [5.41, 5.74) is 0.621. The second-order valence-corrected chi connectivity index (χ2v) is 9.32. The lowest BCUT2D eigenvalue weighted by atomic mass is 9.63. The van der Waals surface area contributed by atoms with Gasteiger partial charge in [-0.2, -0.15) is 0 Å². The van der Waals surface area contributed by atoms with Gasteiger partial charge in [0.25, 0.3) is 0 Å². The molecular weight excluding hydrogens is 270 g/mol. The highest BCUT2D eigenvalue weighted by atomic mass is 35.5. The summed E-state index contributed by atoms with van der Waals surface area (Å²) in [7, 11) is 0. The van der Waals surface area contributed by atoms with E-state index in [0.717, 1.165) is 18.7 Å². The number of rotatable bonds is 1. The zero-order valence-electron chi connectivity index (χ0n) is 13.9. The maximum Gasteiger partial charge on any atom is 0.225 e. The lowest BCUT2D eigenvalue weighted by Gasteiger charge is -2.46. The minimum Gasteiger partial charge on any atom is -0.298 e. The first-order valence-corrected chi connectivity index (χ1v) is 7.90. The van der Waals surface area contributed by atoms with Crippen LogP contribution in [0.4, 0.5) is 0 Å². The minimum absolute atomic E-state index is 0.0358. The number of nitrogens with zero attached hydrogens (tertiary/aromatic N) is 3. The molecule has 0 radical (unpaired) electrons. The second-order valence-electron chi connectivity index (χ2n) is 8.98. The quantitative estimate of drug-likeness (QED) is 0.730. The van der Waals surface area contributed by atoms with E-state index in [2.05, 4.69) is 63.2 Å². The summed E-state index contributed by atoms with van der Waals surface area (Å²) in [6.07, 6.45) is 3.52. The van der Waals surface area contributed by atoms with Crippen LogP contribution in [-0.4, -0.2) is 14.8 Å². The van der Waals surface area contributed by atoms with Gasteiger partial charge in [0.15, 0.2) is 0 Å². The Morgan fingerprint density at radius 2 is 1.55 bits per heavy atom. The molecule has 1 aliphatic rings. The average Bonchev–Trinajstić information content (AvgIpc) is 2.54. The number of halogens is 1. The van der Waals surface area contributed by atoms with Gasteiger partial charge in [-0.3, -0.25) is 4.57 Å². The number of hydrogen-bond acceptors (Lipinski definition) is 2. The molecule has 0 aromatic carbocycles. The summed E-state index contributed by atoms with van der Waals surface area (Å²) < 4.78 is 2.18. The van der Waals surface area contributed by atoms with E-state index >= 15 is 0 Å². The Kier molecular flexibility index (Phi) is 3.73. The van der Waals surface area contributed by atoms with Crippen molar-refractivity contribution in [3.8, 4) is 0 Å². The Morgan fingerprint density at radius 3 is 2.00 bits per heavy atom. The molecule has 1 aromatic heterocycles. The van der Waals surface area contributed by atoms with Gasteiger partial charge >= 0.3 is 0 Å². The molecule has 114 valence electrons. The van der Waals surface area contributed by atoms with E-state index in [1.54, 1.807) is 0 Å². The van der Waals surface area contributed by atoms with E-state index < -0.39 is 0 Å². The van der Waals surface area contributed by atoms with E-state index in [1.807, 2.05) is 0 Å². The molecule has 4 heteroatoms. The zero-order chi connectivity index (χ0) is 15.3. The normalized spacial score (nSPS) is 23.0. The van der Waals surface area contributed by atoms with Crippen LogP contribution in [0.25, 0.3) is 0 Å². The molecule has 1 saturated carbocycles. The van der Waals surface area contributed by atoms with E-state index in [9.17, 15) is 0 Å². The maximum absolute atomic E-state index is 6.36. The van der Waals surface area contributed by atoms with Gasteiger partial charge in [-0.05, 0) is 41.7 Å². The van der Waals surface area contributed by atoms with Gasteiger partial charge in [0.05, 0.1) is 0 Å². The first-order chi connectivity index (χ1) is 8.91. The Hall–Kier alpha value is -0.570. The standard InChI is InChI=1S/C16H28ClN3/c1-14(2,3)12-18-19-13(17)20(12)11-8-15(4,5)10-16(6,7)9-11/h11H,8-10H2,1-7H3. The van der Waals surface area contributed by atoms with E-state index in [1.165, 1.54) is 6.42 Å². The lowest BCUT2D eigenvalue weighted by molar-refractivity contribution is 0.0700. The fraction of sp³-hybridized carbons (Fsp3) is 0.875. The summed E-state index contributed by atoms with van der Waals surface area (Å²) in [5, 5.41) is 9.01. The Bertz CT molecular complexity index is 478. The second kappa shape index (κ2) is 4.72. The van der Waals surface area contributed by atoms with Crippen molar-refractivity contribution in [2.45, 2.75) is 79.2 Å². The number of aromatic nitrogens is 3. The maximum atomic E-state index is 6.36. The molecule has 0 atom stereocenters. The largest absolute Gasteiger partial charge is 0.298 e. The molecule has 1 aliphatic carbocycles. The molecular formula is C16H28ClN3. The third-order valence-electron chi connectivity index (χ3n) is 4.22. The molecule has 0 saturated heterocycles. The van der Waals surface area contributed by atoms with Crippen LogP contribution in [0.1, 0.15) is 79.6 Å². The average molecular weight is 298 g/mol. The molecule has 0 aliphatic heterocycles. The molecule has 20 heavy (non-hydrogen) atoms. The predicted molar refractivity (Wildman–Crippen MR) is 84.2 cm³/mol. The van der Waals surface area contributed by atoms with E-state index in [4.69, 9.17) is 11.6 Å². The molecule has 2 rings (SSSR count). The third-order valence-corrected chi connectivity index (χ3v) is 4.48. The van der Waals surface area contributed by atoms with Gasteiger partial charge in [0.2, 0.25) is 5.28 Å². The van der Waals surface area contributed by atoms with Gasteiger partial charge in [0.1, 0.15) is 5.82 Å². The van der Waals surface area contributed by atoms with Crippen LogP contribution in [0.3, 0.4) is 0 Å². The fourth-order valence-electron chi connectivity index (χ4n) is 4.08. The molecule has 1 aromatic rings. The highest BCUT2D eigenvalue weighted by Gasteiger charge is 2.41. The zero-order valence-corrected chi connectivity index (χ0v) is 14.7. The summed E-state index contributed by atoms with van der Waals surface area (Å²) in [6.45, 7) is 15.9. The topological polar surface area (TPSA) is 30.7 Å². The van der Waals surface area contributed by atoms with Crippen molar-refractivity contribution in [3.63, 3.8) is 0 Å². The van der Waals surface area contributed by atoms with Crippen molar-refractivity contribution in [2.24, 2.45) is 10.8 Å². The van der Waals surface area contributed by atoms with Gasteiger partial charge in [-0.25, -0.2) is 0 Å². The molecule has 0 spiro atoms. The monoisotopic (exact) mass is 297 g/mol. The molecule has 1 heterocycles.